The first-order valence-electron chi connectivity index (χ1n) is 22.0. The summed E-state index contributed by atoms with van der Waals surface area (Å²) in [5.74, 6) is 0. The summed E-state index contributed by atoms with van der Waals surface area (Å²) in [6.45, 7) is 26.3. The molecule has 0 heterocycles. The summed E-state index contributed by atoms with van der Waals surface area (Å²) in [5.41, 5.74) is 2.02. The molecule has 4 rings (SSSR count). The van der Waals surface area contributed by atoms with Crippen molar-refractivity contribution in [2.75, 3.05) is 50.8 Å². The van der Waals surface area contributed by atoms with E-state index < -0.39 is 16.6 Å². The smallest absolute Gasteiger partial charge is 0.0911 e. The molecule has 9 nitrogen and oxygen atoms in total. The molecule has 0 aliphatic carbocycles. The number of hydrogen-bond donors (Lipinski definition) is 3. The molecule has 3 N–H and O–H groups in total. The molecular weight excluding hydrogens is 709 g/mol. The van der Waals surface area contributed by atoms with Gasteiger partial charge in [0.15, 0.2) is 0 Å². The minimum atomic E-state index is -0.687. The van der Waals surface area contributed by atoms with Gasteiger partial charge in [-0.15, -0.1) is 0 Å². The number of nitrogens with zero attached hydrogens (tertiary/aromatic N) is 3. The van der Waals surface area contributed by atoms with Crippen LogP contribution < -0.4 is 31.1 Å². The molecule has 0 aliphatic heterocycles. The monoisotopic (exact) mass is 784 g/mol. The van der Waals surface area contributed by atoms with Gasteiger partial charge in [-0.25, -0.2) is 15.2 Å². The van der Waals surface area contributed by atoms with Crippen LogP contribution in [-0.2, 0) is 15.6 Å². The van der Waals surface area contributed by atoms with Gasteiger partial charge in [-0.2, -0.15) is 0 Å². The van der Waals surface area contributed by atoms with E-state index in [1.54, 1.807) is 0 Å². The maximum absolute atomic E-state index is 14.2. The van der Waals surface area contributed by atoms with E-state index in [0.29, 0.717) is 17.1 Å². The van der Waals surface area contributed by atoms with Crippen LogP contribution in [0.2, 0.25) is 0 Å². The average Bonchev–Trinajstić information content (AvgIpc) is 3.15. The Labute approximate surface area is 345 Å². The van der Waals surface area contributed by atoms with Gasteiger partial charge in [0.2, 0.25) is 0 Å². The molecule has 0 saturated heterocycles. The highest BCUT2D eigenvalue weighted by Crippen LogP contribution is 2.47. The van der Waals surface area contributed by atoms with Gasteiger partial charge in [-0.05, 0) is 150 Å². The van der Waals surface area contributed by atoms with Crippen molar-refractivity contribution >= 4 is 66.4 Å². The maximum atomic E-state index is 14.2. The van der Waals surface area contributed by atoms with Gasteiger partial charge >= 0.3 is 0 Å². The summed E-state index contributed by atoms with van der Waals surface area (Å²) >= 11 is 0. The van der Waals surface area contributed by atoms with Crippen LogP contribution >= 0.6 is 0 Å². The second-order valence-electron chi connectivity index (χ2n) is 19.1. The van der Waals surface area contributed by atoms with Crippen LogP contribution in [0.15, 0.2) is 36.4 Å². The standard InChI is InChI=1S/C48H75N6O3/c1-13-16-19-22-25-49-40-28-34-37(31-43(40)52(55)46(4,5)6)35-29-41(50-26-23-20-17-14-2)45(54(57)48(10,11)12)33-39(35)36-30-42(51-27-24-21-18-15-3)44(32-38(34)36)53(56)47(7,8)9/h28-33,49-51H,13-27H2,1-12H3. The molecule has 0 bridgehead atoms. The first kappa shape index (κ1) is 46.0. The van der Waals surface area contributed by atoms with Crippen LogP contribution in [0.5, 0.6) is 0 Å². The van der Waals surface area contributed by atoms with Crippen molar-refractivity contribution in [1.82, 2.24) is 0 Å². The van der Waals surface area contributed by atoms with Crippen LogP contribution in [0.3, 0.4) is 0 Å². The van der Waals surface area contributed by atoms with E-state index in [9.17, 15) is 15.6 Å². The van der Waals surface area contributed by atoms with Crippen LogP contribution in [0.1, 0.15) is 160 Å². The van der Waals surface area contributed by atoms with Gasteiger partial charge in [0.05, 0.1) is 50.7 Å². The molecule has 315 valence electrons. The summed E-state index contributed by atoms with van der Waals surface area (Å²) < 4.78 is 0. The van der Waals surface area contributed by atoms with Crippen LogP contribution in [0, 0.1) is 0 Å². The summed E-state index contributed by atoms with van der Waals surface area (Å²) in [6, 6.07) is 12.5. The summed E-state index contributed by atoms with van der Waals surface area (Å²) in [4.78, 5) is 0. The number of nitrogens with one attached hydrogen (secondary N) is 3. The van der Waals surface area contributed by atoms with E-state index >= 15 is 0 Å². The number of unbranched alkanes of at least 4 members (excludes halogenated alkanes) is 9. The van der Waals surface area contributed by atoms with Gasteiger partial charge in [0, 0.05) is 19.6 Å². The third kappa shape index (κ3) is 11.5. The number of hydroxylamine groups is 3. The number of fused-ring (bicyclic) bond motifs is 6. The first-order valence-corrected chi connectivity index (χ1v) is 22.0. The second kappa shape index (κ2) is 19.9. The first-order chi connectivity index (χ1) is 26.8. The molecule has 9 heteroatoms. The fraction of sp³-hybridized carbons (Fsp3) is 0.625. The van der Waals surface area contributed by atoms with Crippen LogP contribution in [-0.4, -0.2) is 36.3 Å². The number of hydrogen-bond acceptors (Lipinski definition) is 6. The topological polar surface area (TPSA) is 106 Å². The quantitative estimate of drug-likeness (QED) is 0.0441. The molecule has 4 aromatic carbocycles. The zero-order valence-electron chi connectivity index (χ0n) is 37.6. The molecule has 0 aromatic heterocycles. The van der Waals surface area contributed by atoms with Crippen molar-refractivity contribution < 1.29 is 15.6 Å². The fourth-order valence-electron chi connectivity index (χ4n) is 7.44. The Balaban J connectivity index is 2.16. The van der Waals surface area contributed by atoms with Crippen molar-refractivity contribution in [3.8, 4) is 0 Å². The van der Waals surface area contributed by atoms with Crippen molar-refractivity contribution in [1.29, 1.82) is 0 Å². The van der Waals surface area contributed by atoms with Crippen molar-refractivity contribution in [3.05, 3.63) is 36.4 Å². The van der Waals surface area contributed by atoms with Gasteiger partial charge in [0.1, 0.15) is 0 Å². The Morgan fingerprint density at radius 2 is 0.596 bits per heavy atom. The largest absolute Gasteiger partial charge is 0.383 e. The number of benzene rings is 4. The third-order valence-corrected chi connectivity index (χ3v) is 10.8. The lowest BCUT2D eigenvalue weighted by Gasteiger charge is -2.33. The molecule has 0 aliphatic rings. The Kier molecular flexibility index (Phi) is 16.0. The highest BCUT2D eigenvalue weighted by Gasteiger charge is 2.30. The van der Waals surface area contributed by atoms with Gasteiger partial charge < -0.3 is 16.0 Å². The Hall–Kier alpha value is -3.66. The molecule has 57 heavy (non-hydrogen) atoms. The summed E-state index contributed by atoms with van der Waals surface area (Å²) in [6.07, 6.45) is 13.3. The lowest BCUT2D eigenvalue weighted by Crippen LogP contribution is -2.38. The maximum Gasteiger partial charge on any atom is 0.0911 e. The minimum absolute atomic E-state index is 0.579. The lowest BCUT2D eigenvalue weighted by molar-refractivity contribution is 0.102. The molecule has 4 aromatic rings. The zero-order valence-corrected chi connectivity index (χ0v) is 37.6. The van der Waals surface area contributed by atoms with E-state index in [0.717, 1.165) is 142 Å². The lowest BCUT2D eigenvalue weighted by atomic mass is 9.90. The zero-order chi connectivity index (χ0) is 42.1. The van der Waals surface area contributed by atoms with Crippen LogP contribution in [0.25, 0.3) is 32.3 Å². The van der Waals surface area contributed by atoms with E-state index in [2.05, 4.69) is 54.9 Å². The molecule has 0 atom stereocenters. The van der Waals surface area contributed by atoms with Crippen LogP contribution in [0.4, 0.5) is 34.1 Å². The molecule has 0 saturated carbocycles. The predicted molar refractivity (Wildman–Crippen MR) is 246 cm³/mol. The van der Waals surface area contributed by atoms with Gasteiger partial charge in [-0.3, -0.25) is 0 Å². The van der Waals surface area contributed by atoms with Crippen molar-refractivity contribution in [3.63, 3.8) is 0 Å². The minimum Gasteiger partial charge on any atom is -0.383 e. The molecule has 0 amide bonds. The van der Waals surface area contributed by atoms with E-state index in [4.69, 9.17) is 0 Å². The third-order valence-electron chi connectivity index (χ3n) is 10.8. The second-order valence-corrected chi connectivity index (χ2v) is 19.1. The van der Waals surface area contributed by atoms with E-state index in [1.807, 2.05) is 80.5 Å². The Morgan fingerprint density at radius 1 is 0.368 bits per heavy atom. The molecular formula is C48H75N6O3. The average molecular weight is 784 g/mol. The Morgan fingerprint density at radius 3 is 0.807 bits per heavy atom. The Bertz CT molecular complexity index is 1660. The van der Waals surface area contributed by atoms with Gasteiger partial charge in [-0.1, -0.05) is 94.2 Å². The van der Waals surface area contributed by atoms with Gasteiger partial charge in [0.25, 0.3) is 0 Å². The summed E-state index contributed by atoms with van der Waals surface area (Å²) in [7, 11) is 0. The molecule has 3 radical (unpaired) electrons. The number of anilines is 6. The molecule has 0 unspecified atom stereocenters. The number of rotatable bonds is 21. The van der Waals surface area contributed by atoms with Crippen molar-refractivity contribution in [2.45, 2.75) is 177 Å². The van der Waals surface area contributed by atoms with E-state index in [1.165, 1.54) is 19.3 Å². The highest BCUT2D eigenvalue weighted by atomic mass is 16.5. The van der Waals surface area contributed by atoms with Crippen molar-refractivity contribution in [2.24, 2.45) is 0 Å². The SMILES string of the molecule is CCCCCCNc1cc2c(cc1N([O])C(C)(C)C)c1cc(NCCCCCC)c(N([O])C(C)(C)C)cc1c1cc(NCCCCCC)c(N([O])C(C)(C)C)cc21. The fourth-order valence-corrected chi connectivity index (χ4v) is 7.44. The normalized spacial score (nSPS) is 12.5. The molecule has 0 fully saturated rings. The molecule has 0 spiro atoms. The highest BCUT2D eigenvalue weighted by molar-refractivity contribution is 6.28. The van der Waals surface area contributed by atoms with E-state index in [-0.39, 0.29) is 0 Å². The predicted octanol–water partition coefficient (Wildman–Crippen LogP) is 14.0. The summed E-state index contributed by atoms with van der Waals surface area (Å²) in [5, 5.41) is 62.6.